The molecule has 0 aromatic heterocycles. The first-order chi connectivity index (χ1) is 16.2. The van der Waals surface area contributed by atoms with E-state index >= 15 is 0 Å². The van der Waals surface area contributed by atoms with Gasteiger partial charge in [-0.3, -0.25) is 4.84 Å². The molecule has 0 aliphatic carbocycles. The number of hydrogen-bond acceptors (Lipinski definition) is 4. The molecular weight excluding hydrogens is 406 g/mol. The summed E-state index contributed by atoms with van der Waals surface area (Å²) in [4.78, 5) is 5.76. The van der Waals surface area contributed by atoms with E-state index in [9.17, 15) is 5.26 Å². The second-order valence-electron chi connectivity index (χ2n) is 7.31. The van der Waals surface area contributed by atoms with Gasteiger partial charge >= 0.3 is 0 Å². The smallest absolute Gasteiger partial charge is 0.0997 e. The summed E-state index contributed by atoms with van der Waals surface area (Å²) < 4.78 is 0. The molecule has 0 aliphatic rings. The predicted molar refractivity (Wildman–Crippen MR) is 132 cm³/mol. The van der Waals surface area contributed by atoms with Crippen LogP contribution in [0.5, 0.6) is 0 Å². The van der Waals surface area contributed by atoms with E-state index in [4.69, 9.17) is 10.1 Å². The highest BCUT2D eigenvalue weighted by Gasteiger charge is 2.14. The lowest BCUT2D eigenvalue weighted by Crippen LogP contribution is -2.15. The lowest BCUT2D eigenvalue weighted by molar-refractivity contribution is 0.202. The average molecular weight is 428 g/mol. The molecular formula is C29H21N3O. The Bertz CT molecular complexity index is 1360. The van der Waals surface area contributed by atoms with Gasteiger partial charge in [0.25, 0.3) is 0 Å². The molecule has 0 heterocycles. The third kappa shape index (κ3) is 4.83. The maximum absolute atomic E-state index is 9.33. The van der Waals surface area contributed by atoms with Crippen molar-refractivity contribution in [3.8, 4) is 23.3 Å². The van der Waals surface area contributed by atoms with Gasteiger partial charge in [-0.25, -0.2) is 5.06 Å². The van der Waals surface area contributed by atoms with Crippen molar-refractivity contribution in [3.63, 3.8) is 0 Å². The van der Waals surface area contributed by atoms with Crippen LogP contribution in [0.1, 0.15) is 22.3 Å². The SMILES string of the molecule is CON(c1ccc(C=Cc2cc(C#N)ccc2C#N)cc1)c1ccccc1-c1ccccc1. The molecule has 0 spiro atoms. The molecule has 0 saturated heterocycles. The van der Waals surface area contributed by atoms with Crippen molar-refractivity contribution in [1.82, 2.24) is 0 Å². The Morgan fingerprint density at radius 3 is 2.18 bits per heavy atom. The monoisotopic (exact) mass is 427 g/mol. The van der Waals surface area contributed by atoms with Crippen molar-refractivity contribution in [2.24, 2.45) is 0 Å². The van der Waals surface area contributed by atoms with Crippen LogP contribution < -0.4 is 5.06 Å². The molecule has 0 unspecified atom stereocenters. The summed E-state index contributed by atoms with van der Waals surface area (Å²) in [7, 11) is 1.65. The molecule has 0 fully saturated rings. The molecule has 4 rings (SSSR count). The van der Waals surface area contributed by atoms with Crippen LogP contribution in [0.15, 0.2) is 97.1 Å². The predicted octanol–water partition coefficient (Wildman–Crippen LogP) is 6.97. The Kier molecular flexibility index (Phi) is 6.61. The number of nitriles is 2. The molecule has 4 aromatic carbocycles. The van der Waals surface area contributed by atoms with Gasteiger partial charge in [0.1, 0.15) is 0 Å². The minimum Gasteiger partial charge on any atom is -0.272 e. The van der Waals surface area contributed by atoms with Crippen molar-refractivity contribution in [3.05, 3.63) is 119 Å². The molecule has 4 heteroatoms. The minimum atomic E-state index is 0.525. The molecule has 0 aliphatic heterocycles. The maximum atomic E-state index is 9.33. The van der Waals surface area contributed by atoms with Crippen LogP contribution in [0.3, 0.4) is 0 Å². The highest BCUT2D eigenvalue weighted by atomic mass is 16.7. The van der Waals surface area contributed by atoms with Gasteiger partial charge in [-0.2, -0.15) is 10.5 Å². The van der Waals surface area contributed by atoms with E-state index in [0.717, 1.165) is 33.6 Å². The molecule has 0 atom stereocenters. The van der Waals surface area contributed by atoms with Crippen LogP contribution in [-0.4, -0.2) is 7.11 Å². The standard InChI is InChI=1S/C29H21N3O/c1-33-32(29-10-6-5-9-28(29)24-7-3-2-4-8-24)27-17-13-22(14-18-27)11-15-25-19-23(20-30)12-16-26(25)21-31/h2-19H,1H3. The lowest BCUT2D eigenvalue weighted by atomic mass is 10.0. The van der Waals surface area contributed by atoms with Crippen LogP contribution in [-0.2, 0) is 4.84 Å². The molecule has 0 bridgehead atoms. The van der Waals surface area contributed by atoms with Gasteiger partial charge in [-0.1, -0.05) is 72.8 Å². The molecule has 4 aromatic rings. The second kappa shape index (κ2) is 10.1. The zero-order chi connectivity index (χ0) is 23.0. The largest absolute Gasteiger partial charge is 0.272 e. The summed E-state index contributed by atoms with van der Waals surface area (Å²) in [5.41, 5.74) is 6.77. The molecule has 33 heavy (non-hydrogen) atoms. The Balaban J connectivity index is 1.62. The van der Waals surface area contributed by atoms with Crippen LogP contribution in [0.4, 0.5) is 11.4 Å². The normalized spacial score (nSPS) is 10.5. The fourth-order valence-electron chi connectivity index (χ4n) is 3.63. The van der Waals surface area contributed by atoms with Crippen molar-refractivity contribution in [2.45, 2.75) is 0 Å². The number of hydrogen-bond donors (Lipinski definition) is 0. The van der Waals surface area contributed by atoms with Crippen LogP contribution >= 0.6 is 0 Å². The van der Waals surface area contributed by atoms with Gasteiger partial charge in [-0.05, 0) is 53.1 Å². The van der Waals surface area contributed by atoms with Crippen molar-refractivity contribution in [1.29, 1.82) is 10.5 Å². The van der Waals surface area contributed by atoms with Crippen LogP contribution in [0.2, 0.25) is 0 Å². The summed E-state index contributed by atoms with van der Waals surface area (Å²) in [5.74, 6) is 0. The minimum absolute atomic E-state index is 0.525. The Labute approximate surface area is 193 Å². The maximum Gasteiger partial charge on any atom is 0.0997 e. The van der Waals surface area contributed by atoms with E-state index in [1.807, 2.05) is 72.8 Å². The number of para-hydroxylation sites is 1. The van der Waals surface area contributed by atoms with Crippen molar-refractivity contribution >= 4 is 23.5 Å². The molecule has 158 valence electrons. The van der Waals surface area contributed by atoms with E-state index in [0.29, 0.717) is 11.1 Å². The third-order valence-electron chi connectivity index (χ3n) is 5.27. The summed E-state index contributed by atoms with van der Waals surface area (Å²) in [6, 6.07) is 35.6. The lowest BCUT2D eigenvalue weighted by Gasteiger charge is -2.24. The molecule has 0 amide bonds. The number of anilines is 2. The fraction of sp³-hybridized carbons (Fsp3) is 0.0345. The van der Waals surface area contributed by atoms with Gasteiger partial charge in [0, 0.05) is 5.56 Å². The van der Waals surface area contributed by atoms with E-state index in [-0.39, 0.29) is 0 Å². The first-order valence-electron chi connectivity index (χ1n) is 10.4. The van der Waals surface area contributed by atoms with Crippen LogP contribution in [0, 0.1) is 22.7 Å². The molecule has 0 N–H and O–H groups in total. The zero-order valence-corrected chi connectivity index (χ0v) is 18.1. The summed E-state index contributed by atoms with van der Waals surface area (Å²) in [5, 5.41) is 20.3. The molecule has 0 saturated carbocycles. The Morgan fingerprint density at radius 1 is 0.758 bits per heavy atom. The van der Waals surface area contributed by atoms with Gasteiger partial charge < -0.3 is 0 Å². The highest BCUT2D eigenvalue weighted by molar-refractivity contribution is 5.82. The summed E-state index contributed by atoms with van der Waals surface area (Å²) in [6.07, 6.45) is 3.78. The molecule has 0 radical (unpaired) electrons. The van der Waals surface area contributed by atoms with E-state index < -0.39 is 0 Å². The number of nitrogens with zero attached hydrogens (tertiary/aromatic N) is 3. The van der Waals surface area contributed by atoms with E-state index in [2.05, 4.69) is 30.3 Å². The highest BCUT2D eigenvalue weighted by Crippen LogP contribution is 2.35. The van der Waals surface area contributed by atoms with Crippen LogP contribution in [0.25, 0.3) is 23.3 Å². The fourth-order valence-corrected chi connectivity index (χ4v) is 3.63. The quantitative estimate of drug-likeness (QED) is 0.246. The molecule has 4 nitrogen and oxygen atoms in total. The number of rotatable bonds is 6. The van der Waals surface area contributed by atoms with Gasteiger partial charge in [0.15, 0.2) is 0 Å². The Hall–Kier alpha value is -4.64. The van der Waals surface area contributed by atoms with Gasteiger partial charge in [-0.15, -0.1) is 0 Å². The summed E-state index contributed by atoms with van der Waals surface area (Å²) >= 11 is 0. The Morgan fingerprint density at radius 2 is 1.48 bits per heavy atom. The van der Waals surface area contributed by atoms with E-state index in [1.54, 1.807) is 30.4 Å². The third-order valence-corrected chi connectivity index (χ3v) is 5.27. The van der Waals surface area contributed by atoms with Crippen molar-refractivity contribution in [2.75, 3.05) is 12.2 Å². The van der Waals surface area contributed by atoms with Gasteiger partial charge in [0.05, 0.1) is 41.7 Å². The number of benzene rings is 4. The summed E-state index contributed by atoms with van der Waals surface area (Å²) in [6.45, 7) is 0. The van der Waals surface area contributed by atoms with Crippen molar-refractivity contribution < 1.29 is 4.84 Å². The first kappa shape index (κ1) is 21.6. The topological polar surface area (TPSA) is 60.0 Å². The second-order valence-corrected chi connectivity index (χ2v) is 7.31. The average Bonchev–Trinajstić information content (AvgIpc) is 2.89. The van der Waals surface area contributed by atoms with Gasteiger partial charge in [0.2, 0.25) is 0 Å². The first-order valence-corrected chi connectivity index (χ1v) is 10.4. The van der Waals surface area contributed by atoms with E-state index in [1.165, 1.54) is 0 Å². The zero-order valence-electron chi connectivity index (χ0n) is 18.1.